The van der Waals surface area contributed by atoms with Crippen molar-refractivity contribution in [1.82, 2.24) is 0 Å². The van der Waals surface area contributed by atoms with Gasteiger partial charge in [0.05, 0.1) is 28.3 Å². The van der Waals surface area contributed by atoms with Crippen molar-refractivity contribution in [3.8, 4) is 17.2 Å². The minimum absolute atomic E-state index is 0.166. The Hall–Kier alpha value is -2.29. The molecule has 0 bridgehead atoms. The van der Waals surface area contributed by atoms with Crippen molar-refractivity contribution in [2.75, 3.05) is 24.7 Å². The van der Waals surface area contributed by atoms with E-state index in [1.54, 1.807) is 12.2 Å². The zero-order valence-electron chi connectivity index (χ0n) is 17.2. The smallest absolute Gasteiger partial charge is 0.270 e. The van der Waals surface area contributed by atoms with E-state index in [2.05, 4.69) is 22.5 Å². The van der Waals surface area contributed by atoms with Crippen molar-refractivity contribution >= 4 is 61.9 Å². The zero-order valence-corrected chi connectivity index (χ0v) is 20.4. The number of carbonyl (C=O) groups is 1. The van der Waals surface area contributed by atoms with Crippen LogP contribution < -0.4 is 19.1 Å². The molecule has 0 radical (unpaired) electrons. The summed E-state index contributed by atoms with van der Waals surface area (Å²) in [6, 6.07) is 11.0. The van der Waals surface area contributed by atoms with Crippen LogP contribution in [0, 0.1) is 0 Å². The molecule has 0 saturated carbocycles. The molecule has 1 saturated heterocycles. The normalized spacial score (nSPS) is 14.8. The predicted molar refractivity (Wildman–Crippen MR) is 134 cm³/mol. The second-order valence-electron chi connectivity index (χ2n) is 6.31. The van der Waals surface area contributed by atoms with E-state index in [4.69, 9.17) is 26.4 Å². The molecule has 0 aliphatic carbocycles. The maximum absolute atomic E-state index is 13.1. The standard InChI is InChI=1S/C23H22BrNO4S2/c1-4-11-29-21-18(24)12-15(13-19(21)28-6-3)14-20-22(26)25(23(30)31-20)16-7-9-17(10-8-16)27-5-2/h4,7-10,12-14H,1,5-6,11H2,2-3H3/b20-14+. The van der Waals surface area contributed by atoms with Gasteiger partial charge in [-0.15, -0.1) is 0 Å². The largest absolute Gasteiger partial charge is 0.494 e. The van der Waals surface area contributed by atoms with E-state index in [1.165, 1.54) is 16.7 Å². The molecule has 0 aromatic heterocycles. The van der Waals surface area contributed by atoms with Crippen molar-refractivity contribution < 1.29 is 19.0 Å². The van der Waals surface area contributed by atoms with Crippen molar-refractivity contribution in [3.05, 3.63) is 64.0 Å². The summed E-state index contributed by atoms with van der Waals surface area (Å²) >= 11 is 10.3. The number of rotatable bonds is 9. The third-order valence-electron chi connectivity index (χ3n) is 4.17. The quantitative estimate of drug-likeness (QED) is 0.222. The van der Waals surface area contributed by atoms with Crippen LogP contribution in [0.2, 0.25) is 0 Å². The highest BCUT2D eigenvalue weighted by Crippen LogP contribution is 2.40. The average molecular weight is 520 g/mol. The second-order valence-corrected chi connectivity index (χ2v) is 8.84. The van der Waals surface area contributed by atoms with E-state index in [-0.39, 0.29) is 5.91 Å². The molecule has 0 N–H and O–H groups in total. The van der Waals surface area contributed by atoms with Gasteiger partial charge in [0, 0.05) is 0 Å². The molecule has 0 spiro atoms. The minimum Gasteiger partial charge on any atom is -0.494 e. The first kappa shape index (κ1) is 23.4. The Morgan fingerprint density at radius 3 is 2.48 bits per heavy atom. The van der Waals surface area contributed by atoms with Crippen LogP contribution in [0.3, 0.4) is 0 Å². The lowest BCUT2D eigenvalue weighted by Gasteiger charge is -2.15. The van der Waals surface area contributed by atoms with Gasteiger partial charge < -0.3 is 14.2 Å². The van der Waals surface area contributed by atoms with E-state index in [0.717, 1.165) is 15.8 Å². The van der Waals surface area contributed by atoms with Crippen LogP contribution in [0.5, 0.6) is 17.2 Å². The second kappa shape index (κ2) is 10.8. The number of amides is 1. The topological polar surface area (TPSA) is 48.0 Å². The monoisotopic (exact) mass is 519 g/mol. The van der Waals surface area contributed by atoms with Crippen molar-refractivity contribution in [2.45, 2.75) is 13.8 Å². The van der Waals surface area contributed by atoms with Crippen LogP contribution in [0.25, 0.3) is 6.08 Å². The Labute approximate surface area is 200 Å². The predicted octanol–water partition coefficient (Wildman–Crippen LogP) is 6.22. The lowest BCUT2D eigenvalue weighted by Crippen LogP contribution is -2.27. The number of anilines is 1. The zero-order chi connectivity index (χ0) is 22.4. The number of thiocarbonyl (C=S) groups is 1. The molecule has 2 aromatic rings. The third-order valence-corrected chi connectivity index (χ3v) is 6.07. The molecule has 1 aliphatic heterocycles. The van der Waals surface area contributed by atoms with Crippen LogP contribution in [0.15, 0.2) is 58.4 Å². The molecule has 0 atom stereocenters. The third kappa shape index (κ3) is 5.50. The van der Waals surface area contributed by atoms with E-state index in [0.29, 0.717) is 46.2 Å². The van der Waals surface area contributed by atoms with Gasteiger partial charge in [-0.3, -0.25) is 9.69 Å². The summed E-state index contributed by atoms with van der Waals surface area (Å²) < 4.78 is 18.1. The fourth-order valence-electron chi connectivity index (χ4n) is 2.92. The molecule has 1 fully saturated rings. The fourth-order valence-corrected chi connectivity index (χ4v) is 4.79. The lowest BCUT2D eigenvalue weighted by molar-refractivity contribution is -0.113. The highest BCUT2D eigenvalue weighted by Gasteiger charge is 2.33. The van der Waals surface area contributed by atoms with Gasteiger partial charge in [0.25, 0.3) is 5.91 Å². The molecule has 1 amide bonds. The van der Waals surface area contributed by atoms with Gasteiger partial charge in [-0.05, 0) is 77.8 Å². The summed E-state index contributed by atoms with van der Waals surface area (Å²) in [4.78, 5) is 15.1. The first-order chi connectivity index (χ1) is 15.0. The number of thioether (sulfide) groups is 1. The van der Waals surface area contributed by atoms with E-state index in [9.17, 15) is 4.79 Å². The van der Waals surface area contributed by atoms with E-state index < -0.39 is 0 Å². The SMILES string of the molecule is C=CCOc1c(Br)cc(/C=C2/SC(=S)N(c3ccc(OCC)cc3)C2=O)cc1OCC. The molecule has 1 aliphatic rings. The number of hydrogen-bond donors (Lipinski definition) is 0. The molecule has 0 unspecified atom stereocenters. The summed E-state index contributed by atoms with van der Waals surface area (Å²) in [5, 5.41) is 0. The number of benzene rings is 2. The van der Waals surface area contributed by atoms with Crippen LogP contribution >= 0.6 is 39.9 Å². The first-order valence-corrected chi connectivity index (χ1v) is 11.7. The highest BCUT2D eigenvalue weighted by molar-refractivity contribution is 9.10. The first-order valence-electron chi connectivity index (χ1n) is 9.69. The lowest BCUT2D eigenvalue weighted by atomic mass is 10.1. The summed E-state index contributed by atoms with van der Waals surface area (Å²) in [6.07, 6.45) is 3.47. The Balaban J connectivity index is 1.89. The van der Waals surface area contributed by atoms with Crippen LogP contribution in [-0.4, -0.2) is 30.0 Å². The number of hydrogen-bond acceptors (Lipinski definition) is 6. The Bertz CT molecular complexity index is 1020. The van der Waals surface area contributed by atoms with Gasteiger partial charge in [-0.25, -0.2) is 0 Å². The van der Waals surface area contributed by atoms with Crippen LogP contribution in [0.4, 0.5) is 5.69 Å². The molecule has 162 valence electrons. The molecule has 5 nitrogen and oxygen atoms in total. The molecule has 8 heteroatoms. The maximum Gasteiger partial charge on any atom is 0.270 e. The Morgan fingerprint density at radius 2 is 1.84 bits per heavy atom. The Kier molecular flexibility index (Phi) is 8.17. The van der Waals surface area contributed by atoms with Crippen molar-refractivity contribution in [2.24, 2.45) is 0 Å². The van der Waals surface area contributed by atoms with Gasteiger partial charge in [-0.2, -0.15) is 0 Å². The molecule has 31 heavy (non-hydrogen) atoms. The molecule has 2 aromatic carbocycles. The number of carbonyl (C=O) groups excluding carboxylic acids is 1. The molecular formula is C23H22BrNO4S2. The summed E-state index contributed by atoms with van der Waals surface area (Å²) in [5.74, 6) is 1.77. The molecular weight excluding hydrogens is 498 g/mol. The van der Waals surface area contributed by atoms with Crippen molar-refractivity contribution in [3.63, 3.8) is 0 Å². The summed E-state index contributed by atoms with van der Waals surface area (Å²) in [5.41, 5.74) is 1.51. The van der Waals surface area contributed by atoms with Crippen LogP contribution in [-0.2, 0) is 4.79 Å². The minimum atomic E-state index is -0.166. The van der Waals surface area contributed by atoms with E-state index >= 15 is 0 Å². The molecule has 1 heterocycles. The number of ether oxygens (including phenoxy) is 3. The van der Waals surface area contributed by atoms with Gasteiger partial charge in [0.1, 0.15) is 12.4 Å². The summed E-state index contributed by atoms with van der Waals surface area (Å²) in [6.45, 7) is 8.93. The van der Waals surface area contributed by atoms with Gasteiger partial charge >= 0.3 is 0 Å². The Morgan fingerprint density at radius 1 is 1.13 bits per heavy atom. The average Bonchev–Trinajstić information content (AvgIpc) is 3.01. The van der Waals surface area contributed by atoms with E-state index in [1.807, 2.05) is 50.2 Å². The highest BCUT2D eigenvalue weighted by atomic mass is 79.9. The van der Waals surface area contributed by atoms with Crippen LogP contribution in [0.1, 0.15) is 19.4 Å². The van der Waals surface area contributed by atoms with Gasteiger partial charge in [-0.1, -0.05) is 36.6 Å². The number of halogens is 1. The number of nitrogens with zero attached hydrogens (tertiary/aromatic N) is 1. The van der Waals surface area contributed by atoms with Crippen molar-refractivity contribution in [1.29, 1.82) is 0 Å². The fraction of sp³-hybridized carbons (Fsp3) is 0.217. The molecule has 3 rings (SSSR count). The van der Waals surface area contributed by atoms with Gasteiger partial charge in [0.15, 0.2) is 15.8 Å². The summed E-state index contributed by atoms with van der Waals surface area (Å²) in [7, 11) is 0. The van der Waals surface area contributed by atoms with Gasteiger partial charge in [0.2, 0.25) is 0 Å². The maximum atomic E-state index is 13.1.